The van der Waals surface area contributed by atoms with E-state index in [9.17, 15) is 35.1 Å². The van der Waals surface area contributed by atoms with Gasteiger partial charge in [-0.15, -0.1) is 0 Å². The van der Waals surface area contributed by atoms with Crippen molar-refractivity contribution in [3.8, 4) is 11.5 Å². The Morgan fingerprint density at radius 1 is 0.744 bits per heavy atom. The van der Waals surface area contributed by atoms with Crippen LogP contribution in [0.4, 0.5) is 35.1 Å². The van der Waals surface area contributed by atoms with E-state index in [4.69, 9.17) is 4.74 Å². The summed E-state index contributed by atoms with van der Waals surface area (Å²) in [5.74, 6) is -9.45. The Balaban J connectivity index is 1.35. The van der Waals surface area contributed by atoms with Gasteiger partial charge in [0.25, 0.3) is 0 Å². The predicted molar refractivity (Wildman–Crippen MR) is 128 cm³/mol. The van der Waals surface area contributed by atoms with E-state index >= 15 is 0 Å². The molecule has 0 atom stereocenters. The molecule has 0 aromatic heterocycles. The molecule has 0 saturated heterocycles. The van der Waals surface area contributed by atoms with Crippen molar-refractivity contribution in [2.75, 3.05) is 6.61 Å². The molecule has 1 aliphatic rings. The largest absolute Gasteiger partial charge is 0.480 e. The fraction of sp³-hybridized carbons (Fsp3) is 0.379. The van der Waals surface area contributed by atoms with Gasteiger partial charge in [-0.2, -0.15) is 8.78 Å². The van der Waals surface area contributed by atoms with Gasteiger partial charge in [0.1, 0.15) is 5.75 Å². The Morgan fingerprint density at radius 3 is 2.00 bits per heavy atom. The summed E-state index contributed by atoms with van der Waals surface area (Å²) in [5.41, 5.74) is 1.31. The van der Waals surface area contributed by atoms with Gasteiger partial charge in [-0.3, -0.25) is 0 Å². The third-order valence-electron chi connectivity index (χ3n) is 6.93. The van der Waals surface area contributed by atoms with Gasteiger partial charge >= 0.3 is 6.11 Å². The lowest BCUT2D eigenvalue weighted by atomic mass is 9.76. The van der Waals surface area contributed by atoms with Crippen molar-refractivity contribution in [2.45, 2.75) is 63.4 Å². The highest BCUT2D eigenvalue weighted by Crippen LogP contribution is 2.42. The number of aryl methyl sites for hydroxylation is 1. The van der Waals surface area contributed by atoms with Crippen molar-refractivity contribution in [3.63, 3.8) is 0 Å². The molecular weight excluding hydrogens is 532 g/mol. The average Bonchev–Trinajstić information content (AvgIpc) is 2.89. The topological polar surface area (TPSA) is 18.5 Å². The molecule has 3 aromatic rings. The summed E-state index contributed by atoms with van der Waals surface area (Å²) >= 11 is 0. The van der Waals surface area contributed by atoms with Crippen LogP contribution >= 0.6 is 0 Å². The van der Waals surface area contributed by atoms with Crippen LogP contribution in [0.5, 0.6) is 11.5 Å². The van der Waals surface area contributed by atoms with E-state index in [0.29, 0.717) is 55.2 Å². The number of ether oxygens (including phenoxy) is 2. The van der Waals surface area contributed by atoms with E-state index in [2.05, 4.69) is 4.74 Å². The molecule has 39 heavy (non-hydrogen) atoms. The zero-order valence-corrected chi connectivity index (χ0v) is 21.0. The summed E-state index contributed by atoms with van der Waals surface area (Å²) in [6.07, 6.45) is -0.610. The Labute approximate surface area is 220 Å². The summed E-state index contributed by atoms with van der Waals surface area (Å²) in [7, 11) is 0. The van der Waals surface area contributed by atoms with Crippen LogP contribution in [0, 0.1) is 34.9 Å². The third-order valence-corrected chi connectivity index (χ3v) is 6.93. The fourth-order valence-electron chi connectivity index (χ4n) is 4.96. The molecule has 0 heterocycles. The van der Waals surface area contributed by atoms with Crippen LogP contribution < -0.4 is 9.47 Å². The highest BCUT2D eigenvalue weighted by molar-refractivity contribution is 5.33. The first-order chi connectivity index (χ1) is 18.5. The second-order valence-electron chi connectivity index (χ2n) is 9.66. The van der Waals surface area contributed by atoms with Gasteiger partial charge in [0.05, 0.1) is 0 Å². The highest BCUT2D eigenvalue weighted by atomic mass is 19.3. The molecule has 1 fully saturated rings. The second kappa shape index (κ2) is 11.8. The molecule has 0 unspecified atom stereocenters. The molecule has 0 bridgehead atoms. The van der Waals surface area contributed by atoms with E-state index < -0.39 is 59.1 Å². The number of hydrogen-bond donors (Lipinski definition) is 0. The molecule has 3 aromatic carbocycles. The zero-order valence-electron chi connectivity index (χ0n) is 21.0. The molecule has 4 rings (SSSR count). The molecule has 1 aliphatic carbocycles. The van der Waals surface area contributed by atoms with Crippen molar-refractivity contribution in [3.05, 3.63) is 94.1 Å². The predicted octanol–water partition coefficient (Wildman–Crippen LogP) is 8.97. The SMILES string of the molecule is CCCc1ccc(C2CCC(c3ccc(OCC(F)(F)Oc4cc(F)c(F)c(F)c4)c(F)c3)CC2)c(F)c1F. The lowest BCUT2D eigenvalue weighted by Gasteiger charge is -2.29. The Kier molecular flexibility index (Phi) is 8.71. The molecule has 0 amide bonds. The minimum atomic E-state index is -4.11. The van der Waals surface area contributed by atoms with Crippen molar-refractivity contribution < 1.29 is 44.6 Å². The van der Waals surface area contributed by atoms with E-state index in [1.807, 2.05) is 6.92 Å². The standard InChI is InChI=1S/C29H26F8O2/c1-2-3-18-8-10-21(27(34)26(18)33)17-6-4-16(5-7-17)19-9-11-25(22(30)12-19)38-15-29(36,37)39-20-13-23(31)28(35)24(32)14-20/h8-14,16-17H,2-7,15H2,1H3. The van der Waals surface area contributed by atoms with Crippen molar-refractivity contribution >= 4 is 0 Å². The fourth-order valence-corrected chi connectivity index (χ4v) is 4.96. The van der Waals surface area contributed by atoms with Gasteiger partial charge in [-0.25, -0.2) is 26.3 Å². The van der Waals surface area contributed by atoms with Crippen LogP contribution in [-0.2, 0) is 6.42 Å². The van der Waals surface area contributed by atoms with Crippen molar-refractivity contribution in [1.82, 2.24) is 0 Å². The highest BCUT2D eigenvalue weighted by Gasteiger charge is 2.34. The molecule has 210 valence electrons. The van der Waals surface area contributed by atoms with Crippen LogP contribution in [0.1, 0.15) is 67.6 Å². The summed E-state index contributed by atoms with van der Waals surface area (Å²) in [6, 6.07) is 7.67. The molecule has 0 aliphatic heterocycles. The van der Waals surface area contributed by atoms with Gasteiger partial charge in [0, 0.05) is 12.1 Å². The summed E-state index contributed by atoms with van der Waals surface area (Å²) in [5, 5.41) is 0. The quantitative estimate of drug-likeness (QED) is 0.193. The minimum absolute atomic E-state index is 0.0647. The van der Waals surface area contributed by atoms with Crippen LogP contribution in [0.2, 0.25) is 0 Å². The van der Waals surface area contributed by atoms with Gasteiger partial charge in [-0.1, -0.05) is 31.5 Å². The Hall–Kier alpha value is -3.30. The number of benzene rings is 3. The number of rotatable bonds is 9. The minimum Gasteiger partial charge on any atom is -0.480 e. The van der Waals surface area contributed by atoms with E-state index in [1.165, 1.54) is 18.2 Å². The summed E-state index contributed by atoms with van der Waals surface area (Å²) < 4.78 is 120. The van der Waals surface area contributed by atoms with Crippen LogP contribution in [0.15, 0.2) is 42.5 Å². The number of alkyl halides is 2. The normalized spacial score (nSPS) is 17.8. The maximum absolute atomic E-state index is 14.7. The molecule has 2 nitrogen and oxygen atoms in total. The average molecular weight is 559 g/mol. The summed E-state index contributed by atoms with van der Waals surface area (Å²) in [6.45, 7) is 0.411. The molecule has 0 spiro atoms. The van der Waals surface area contributed by atoms with Crippen molar-refractivity contribution in [2.24, 2.45) is 0 Å². The van der Waals surface area contributed by atoms with Crippen LogP contribution in [0.3, 0.4) is 0 Å². The lowest BCUT2D eigenvalue weighted by molar-refractivity contribution is -0.196. The molecule has 1 saturated carbocycles. The third kappa shape index (κ3) is 6.65. The Bertz CT molecular complexity index is 1300. The molecule has 0 radical (unpaired) electrons. The van der Waals surface area contributed by atoms with Gasteiger partial charge < -0.3 is 9.47 Å². The van der Waals surface area contributed by atoms with Crippen LogP contribution in [0.25, 0.3) is 0 Å². The van der Waals surface area contributed by atoms with Crippen LogP contribution in [-0.4, -0.2) is 12.7 Å². The first kappa shape index (κ1) is 28.7. The van der Waals surface area contributed by atoms with Gasteiger partial charge in [0.15, 0.2) is 47.3 Å². The molecule has 10 heteroatoms. The maximum atomic E-state index is 14.7. The smallest absolute Gasteiger partial charge is 0.433 e. The molecule has 0 N–H and O–H groups in total. The first-order valence-corrected chi connectivity index (χ1v) is 12.6. The maximum Gasteiger partial charge on any atom is 0.433 e. The van der Waals surface area contributed by atoms with E-state index in [0.717, 1.165) is 0 Å². The van der Waals surface area contributed by atoms with E-state index in [-0.39, 0.29) is 24.0 Å². The van der Waals surface area contributed by atoms with E-state index in [1.54, 1.807) is 12.1 Å². The monoisotopic (exact) mass is 558 g/mol. The zero-order chi connectivity index (χ0) is 28.3. The van der Waals surface area contributed by atoms with Gasteiger partial charge in [0.2, 0.25) is 0 Å². The lowest BCUT2D eigenvalue weighted by Crippen LogP contribution is -2.32. The molecular formula is C29H26F8O2. The first-order valence-electron chi connectivity index (χ1n) is 12.6. The summed E-state index contributed by atoms with van der Waals surface area (Å²) in [4.78, 5) is 0. The number of hydrogen-bond acceptors (Lipinski definition) is 2. The Morgan fingerprint density at radius 2 is 1.38 bits per heavy atom. The van der Waals surface area contributed by atoms with Crippen molar-refractivity contribution in [1.29, 1.82) is 0 Å². The second-order valence-corrected chi connectivity index (χ2v) is 9.66. The van der Waals surface area contributed by atoms with Gasteiger partial charge in [-0.05, 0) is 72.8 Å². The number of halogens is 8.